The van der Waals surface area contributed by atoms with Crippen LogP contribution in [-0.2, 0) is 0 Å². The van der Waals surface area contributed by atoms with E-state index in [1.165, 1.54) is 27.2 Å². The van der Waals surface area contributed by atoms with Gasteiger partial charge in [0, 0.05) is 6.07 Å². The summed E-state index contributed by atoms with van der Waals surface area (Å²) in [7, 11) is 1.57. The van der Waals surface area contributed by atoms with E-state index in [0.29, 0.717) is 29.5 Å². The third kappa shape index (κ3) is 4.54. The van der Waals surface area contributed by atoms with Gasteiger partial charge in [-0.2, -0.15) is 0 Å². The van der Waals surface area contributed by atoms with Crippen LogP contribution < -0.4 is 14.5 Å². The number of quaternary nitrogens is 1. The van der Waals surface area contributed by atoms with E-state index < -0.39 is 23.1 Å². The Morgan fingerprint density at radius 2 is 1.86 bits per heavy atom. The smallest absolute Gasteiger partial charge is 0.266 e. The van der Waals surface area contributed by atoms with Gasteiger partial charge in [-0.25, -0.2) is 13.8 Å². The minimum atomic E-state index is -0.877. The van der Waals surface area contributed by atoms with E-state index in [2.05, 4.69) is 18.8 Å². The van der Waals surface area contributed by atoms with E-state index in [0.717, 1.165) is 29.9 Å². The molecule has 0 unspecified atom stereocenters. The van der Waals surface area contributed by atoms with Gasteiger partial charge >= 0.3 is 0 Å². The van der Waals surface area contributed by atoms with Crippen molar-refractivity contribution in [2.75, 3.05) is 38.2 Å². The maximum absolute atomic E-state index is 14.3. The molecule has 8 heteroatoms. The van der Waals surface area contributed by atoms with Gasteiger partial charge in [0.2, 0.25) is 0 Å². The van der Waals surface area contributed by atoms with Crippen molar-refractivity contribution in [2.24, 2.45) is 0 Å². The summed E-state index contributed by atoms with van der Waals surface area (Å²) < 4.78 is 34.7. The van der Waals surface area contributed by atoms with Crippen LogP contribution in [0.5, 0.6) is 5.75 Å². The van der Waals surface area contributed by atoms with E-state index >= 15 is 0 Å². The largest absolute Gasteiger partial charge is 0.497 e. The standard InChI is InChI=1S/C21H23F2N3O2S/c1-4-25(5-2)11-12-26(20(27)19-15(22)7-6-8-16(19)23)21-24-17-13-14(28-3)9-10-18(17)29-21/h6-10,13H,4-5,11-12H2,1-3H3/p+1. The molecule has 5 nitrogen and oxygen atoms in total. The number of benzene rings is 2. The van der Waals surface area contributed by atoms with Crippen molar-refractivity contribution in [3.8, 4) is 5.75 Å². The highest BCUT2D eigenvalue weighted by Gasteiger charge is 2.27. The first-order valence-corrected chi connectivity index (χ1v) is 10.3. The Kier molecular flexibility index (Phi) is 6.76. The van der Waals surface area contributed by atoms with Crippen molar-refractivity contribution < 1.29 is 23.2 Å². The molecule has 1 N–H and O–H groups in total. The zero-order valence-electron chi connectivity index (χ0n) is 16.7. The molecule has 1 heterocycles. The van der Waals surface area contributed by atoms with E-state index in [9.17, 15) is 13.6 Å². The summed E-state index contributed by atoms with van der Waals surface area (Å²) in [4.78, 5) is 20.4. The summed E-state index contributed by atoms with van der Waals surface area (Å²) in [6, 6.07) is 8.87. The molecule has 1 aromatic heterocycles. The van der Waals surface area contributed by atoms with Crippen molar-refractivity contribution in [3.63, 3.8) is 0 Å². The van der Waals surface area contributed by atoms with Crippen LogP contribution in [0.15, 0.2) is 36.4 Å². The van der Waals surface area contributed by atoms with Crippen molar-refractivity contribution in [2.45, 2.75) is 13.8 Å². The van der Waals surface area contributed by atoms with Crippen LogP contribution >= 0.6 is 11.3 Å². The molecule has 3 rings (SSSR count). The molecule has 0 radical (unpaired) electrons. The van der Waals surface area contributed by atoms with Crippen molar-refractivity contribution in [1.82, 2.24) is 4.98 Å². The predicted octanol–water partition coefficient (Wildman–Crippen LogP) is 3.15. The molecule has 0 fully saturated rings. The van der Waals surface area contributed by atoms with Crippen molar-refractivity contribution in [1.29, 1.82) is 0 Å². The lowest BCUT2D eigenvalue weighted by molar-refractivity contribution is -0.894. The topological polar surface area (TPSA) is 46.9 Å². The monoisotopic (exact) mass is 420 g/mol. The third-order valence-electron chi connectivity index (χ3n) is 4.93. The van der Waals surface area contributed by atoms with Crippen LogP contribution in [0.1, 0.15) is 24.2 Å². The lowest BCUT2D eigenvalue weighted by Gasteiger charge is -2.23. The summed E-state index contributed by atoms with van der Waals surface area (Å²) >= 11 is 1.31. The van der Waals surface area contributed by atoms with E-state index in [1.807, 2.05) is 12.1 Å². The SMILES string of the molecule is CC[NH+](CC)CCN(C(=O)c1c(F)cccc1F)c1nc2cc(OC)ccc2s1. The number of anilines is 1. The highest BCUT2D eigenvalue weighted by molar-refractivity contribution is 7.22. The molecule has 0 bridgehead atoms. The fraction of sp³-hybridized carbons (Fsp3) is 0.333. The Morgan fingerprint density at radius 3 is 2.48 bits per heavy atom. The number of rotatable bonds is 8. The Balaban J connectivity index is 2.01. The zero-order chi connectivity index (χ0) is 21.0. The average Bonchev–Trinajstić information content (AvgIpc) is 3.13. The summed E-state index contributed by atoms with van der Waals surface area (Å²) in [6.07, 6.45) is 0. The lowest BCUT2D eigenvalue weighted by Crippen LogP contribution is -3.12. The van der Waals surface area contributed by atoms with Gasteiger partial charge < -0.3 is 9.64 Å². The summed E-state index contributed by atoms with van der Waals surface area (Å²) in [5.74, 6) is -1.82. The normalized spacial score (nSPS) is 11.2. The van der Waals surface area contributed by atoms with Crippen molar-refractivity contribution >= 4 is 32.6 Å². The Labute approximate surface area is 172 Å². The Morgan fingerprint density at radius 1 is 1.17 bits per heavy atom. The molecule has 0 atom stereocenters. The number of hydrogen-bond acceptors (Lipinski definition) is 4. The quantitative estimate of drug-likeness (QED) is 0.609. The molecule has 0 aliphatic carbocycles. The number of nitrogens with one attached hydrogen (secondary N) is 1. The second-order valence-corrected chi connectivity index (χ2v) is 7.60. The van der Waals surface area contributed by atoms with Crippen LogP contribution in [-0.4, -0.2) is 44.2 Å². The number of carbonyl (C=O) groups is 1. The molecule has 0 spiro atoms. The molecule has 3 aromatic rings. The molecule has 0 saturated heterocycles. The first-order chi connectivity index (χ1) is 14.0. The number of ether oxygens (including phenoxy) is 1. The molecule has 154 valence electrons. The molecule has 1 amide bonds. The second kappa shape index (κ2) is 9.28. The number of nitrogens with zero attached hydrogens (tertiary/aromatic N) is 2. The number of aromatic nitrogens is 1. The highest BCUT2D eigenvalue weighted by atomic mass is 32.1. The minimum Gasteiger partial charge on any atom is -0.497 e. The van der Waals surface area contributed by atoms with Gasteiger partial charge in [-0.1, -0.05) is 17.4 Å². The minimum absolute atomic E-state index is 0.306. The molecule has 0 aliphatic rings. The van der Waals surface area contributed by atoms with Crippen LogP contribution in [0, 0.1) is 11.6 Å². The van der Waals surface area contributed by atoms with E-state index in [-0.39, 0.29) is 0 Å². The lowest BCUT2D eigenvalue weighted by atomic mass is 10.1. The average molecular weight is 421 g/mol. The molecular formula is C21H24F2N3O2S+. The van der Waals surface area contributed by atoms with Crippen LogP contribution in [0.4, 0.5) is 13.9 Å². The van der Waals surface area contributed by atoms with Gasteiger partial charge in [-0.15, -0.1) is 0 Å². The van der Waals surface area contributed by atoms with Crippen LogP contribution in [0.2, 0.25) is 0 Å². The predicted molar refractivity (Wildman–Crippen MR) is 111 cm³/mol. The van der Waals surface area contributed by atoms with Crippen molar-refractivity contribution in [3.05, 3.63) is 53.6 Å². The number of fused-ring (bicyclic) bond motifs is 1. The maximum atomic E-state index is 14.3. The Bertz CT molecular complexity index is 985. The number of carbonyl (C=O) groups excluding carboxylic acids is 1. The van der Waals surface area contributed by atoms with Gasteiger partial charge in [0.1, 0.15) is 22.9 Å². The maximum Gasteiger partial charge on any atom is 0.266 e. The van der Waals surface area contributed by atoms with Gasteiger partial charge in [0.15, 0.2) is 5.13 Å². The van der Waals surface area contributed by atoms with Gasteiger partial charge in [-0.05, 0) is 38.1 Å². The highest BCUT2D eigenvalue weighted by Crippen LogP contribution is 2.32. The number of thiazole rings is 1. The number of amides is 1. The van der Waals surface area contributed by atoms with E-state index in [4.69, 9.17) is 4.74 Å². The summed E-state index contributed by atoms with van der Waals surface area (Å²) in [5.41, 5.74) is 0.116. The molecule has 29 heavy (non-hydrogen) atoms. The number of methoxy groups -OCH3 is 1. The molecule has 0 saturated carbocycles. The summed E-state index contributed by atoms with van der Waals surface area (Å²) in [6.45, 7) is 6.86. The van der Waals surface area contributed by atoms with Crippen LogP contribution in [0.25, 0.3) is 10.2 Å². The molecule has 0 aliphatic heterocycles. The number of halogens is 2. The van der Waals surface area contributed by atoms with Gasteiger partial charge in [0.05, 0.1) is 43.5 Å². The number of hydrogen-bond donors (Lipinski definition) is 1. The van der Waals surface area contributed by atoms with Crippen LogP contribution in [0.3, 0.4) is 0 Å². The van der Waals surface area contributed by atoms with Gasteiger partial charge in [-0.3, -0.25) is 9.69 Å². The Hall–Kier alpha value is -2.58. The fourth-order valence-corrected chi connectivity index (χ4v) is 4.10. The molecule has 2 aromatic carbocycles. The first-order valence-electron chi connectivity index (χ1n) is 9.52. The first kappa shape index (κ1) is 21.1. The van der Waals surface area contributed by atoms with Gasteiger partial charge in [0.25, 0.3) is 5.91 Å². The zero-order valence-corrected chi connectivity index (χ0v) is 17.5. The van der Waals surface area contributed by atoms with E-state index in [1.54, 1.807) is 13.2 Å². The number of likely N-dealkylation sites (N-methyl/N-ethyl adjacent to an activating group) is 1. The second-order valence-electron chi connectivity index (χ2n) is 6.59. The fourth-order valence-electron chi connectivity index (χ4n) is 3.13. The summed E-state index contributed by atoms with van der Waals surface area (Å²) in [5, 5.41) is 0.410. The molecular weight excluding hydrogens is 396 g/mol. The third-order valence-corrected chi connectivity index (χ3v) is 5.98.